The molecule has 2 N–H and O–H groups in total. The van der Waals surface area contributed by atoms with Crippen molar-refractivity contribution in [2.45, 2.75) is 90.1 Å². The molecule has 6 aliphatic rings. The predicted molar refractivity (Wildman–Crippen MR) is 87.8 cm³/mol. The van der Waals surface area contributed by atoms with Gasteiger partial charge in [0.1, 0.15) is 0 Å². The number of hydrogen-bond acceptors (Lipinski definition) is 3. The lowest BCUT2D eigenvalue weighted by Crippen LogP contribution is -2.67. The summed E-state index contributed by atoms with van der Waals surface area (Å²) in [7, 11) is 0. The molecule has 4 saturated carbocycles. The Morgan fingerprint density at radius 2 is 1.74 bits per heavy atom. The number of rotatable bonds is 0. The van der Waals surface area contributed by atoms with Crippen molar-refractivity contribution in [2.75, 3.05) is 0 Å². The van der Waals surface area contributed by atoms with E-state index in [-0.39, 0.29) is 34.1 Å². The molecule has 0 amide bonds. The van der Waals surface area contributed by atoms with Crippen molar-refractivity contribution in [3.05, 3.63) is 0 Å². The van der Waals surface area contributed by atoms with Gasteiger partial charge in [-0.05, 0) is 74.0 Å². The van der Waals surface area contributed by atoms with Gasteiger partial charge in [-0.15, -0.1) is 0 Å². The van der Waals surface area contributed by atoms with Crippen LogP contribution in [0.3, 0.4) is 0 Å². The van der Waals surface area contributed by atoms with Crippen LogP contribution in [0, 0.1) is 34.0 Å². The molecule has 4 bridgehead atoms. The zero-order valence-corrected chi connectivity index (χ0v) is 15.0. The van der Waals surface area contributed by atoms with Crippen LogP contribution in [0.25, 0.3) is 0 Å². The van der Waals surface area contributed by atoms with Gasteiger partial charge in [0.05, 0.1) is 23.9 Å². The second kappa shape index (κ2) is 3.99. The molecule has 3 nitrogen and oxygen atoms in total. The summed E-state index contributed by atoms with van der Waals surface area (Å²) in [6.07, 6.45) is 6.43. The Morgan fingerprint density at radius 1 is 1.00 bits per heavy atom. The summed E-state index contributed by atoms with van der Waals surface area (Å²) in [4.78, 5) is 0. The van der Waals surface area contributed by atoms with Crippen LogP contribution < -0.4 is 0 Å². The maximum absolute atomic E-state index is 11.3. The van der Waals surface area contributed by atoms with Crippen molar-refractivity contribution in [1.29, 1.82) is 0 Å². The molecule has 23 heavy (non-hydrogen) atoms. The molecule has 1 spiro atoms. The quantitative estimate of drug-likeness (QED) is 0.721. The molecular formula is C20H32O3. The van der Waals surface area contributed by atoms with Gasteiger partial charge in [0.25, 0.3) is 0 Å². The molecule has 0 aromatic heterocycles. The predicted octanol–water partition coefficient (Wildman–Crippen LogP) is 3.13. The number of aliphatic hydroxyl groups is 2. The van der Waals surface area contributed by atoms with E-state index in [1.807, 2.05) is 0 Å². The first-order valence-electron chi connectivity index (χ1n) is 9.70. The van der Waals surface area contributed by atoms with E-state index in [2.05, 4.69) is 27.7 Å². The first-order valence-corrected chi connectivity index (χ1v) is 9.70. The molecule has 1 unspecified atom stereocenters. The van der Waals surface area contributed by atoms with Gasteiger partial charge in [0.15, 0.2) is 0 Å². The van der Waals surface area contributed by atoms with E-state index < -0.39 is 0 Å². The zero-order valence-electron chi connectivity index (χ0n) is 15.0. The summed E-state index contributed by atoms with van der Waals surface area (Å²) in [6.45, 7) is 9.15. The van der Waals surface area contributed by atoms with Crippen molar-refractivity contribution in [3.63, 3.8) is 0 Å². The molecule has 9 atom stereocenters. The fourth-order valence-electron chi connectivity index (χ4n) is 8.61. The average Bonchev–Trinajstić information content (AvgIpc) is 2.81. The van der Waals surface area contributed by atoms with Crippen molar-refractivity contribution >= 4 is 0 Å². The molecule has 4 aliphatic carbocycles. The third kappa shape index (κ3) is 1.43. The topological polar surface area (TPSA) is 49.7 Å². The molecule has 0 radical (unpaired) electrons. The molecule has 6 rings (SSSR count). The van der Waals surface area contributed by atoms with Gasteiger partial charge in [-0.3, -0.25) is 0 Å². The Balaban J connectivity index is 1.62. The highest BCUT2D eigenvalue weighted by Crippen LogP contribution is 2.76. The molecule has 2 heterocycles. The minimum atomic E-state index is -0.295. The summed E-state index contributed by atoms with van der Waals surface area (Å²) in [5, 5.41) is 21.9. The smallest absolute Gasteiger partial charge is 0.0950 e. The van der Waals surface area contributed by atoms with Gasteiger partial charge in [0, 0.05) is 5.41 Å². The Labute approximate surface area is 139 Å². The van der Waals surface area contributed by atoms with Crippen molar-refractivity contribution in [1.82, 2.24) is 0 Å². The lowest BCUT2D eigenvalue weighted by Gasteiger charge is -2.67. The number of hydrogen-bond donors (Lipinski definition) is 2. The maximum atomic E-state index is 11.3. The van der Waals surface area contributed by atoms with Gasteiger partial charge in [-0.2, -0.15) is 0 Å². The van der Waals surface area contributed by atoms with Crippen molar-refractivity contribution < 1.29 is 14.9 Å². The van der Waals surface area contributed by atoms with Crippen LogP contribution in [0.1, 0.15) is 66.2 Å². The van der Waals surface area contributed by atoms with E-state index in [0.717, 1.165) is 38.5 Å². The molecule has 2 saturated heterocycles. The van der Waals surface area contributed by atoms with Crippen LogP contribution >= 0.6 is 0 Å². The Hall–Kier alpha value is -0.120. The van der Waals surface area contributed by atoms with Crippen LogP contribution in [0.2, 0.25) is 0 Å². The Kier molecular flexibility index (Phi) is 2.63. The lowest BCUT2D eigenvalue weighted by atomic mass is 9.40. The molecule has 6 fully saturated rings. The molecule has 3 heteroatoms. The summed E-state index contributed by atoms with van der Waals surface area (Å²) < 4.78 is 6.51. The van der Waals surface area contributed by atoms with Crippen LogP contribution in [0.5, 0.6) is 0 Å². The zero-order chi connectivity index (χ0) is 16.4. The van der Waals surface area contributed by atoms with Gasteiger partial charge < -0.3 is 14.9 Å². The third-order valence-electron chi connectivity index (χ3n) is 9.56. The first-order chi connectivity index (χ1) is 10.7. The summed E-state index contributed by atoms with van der Waals surface area (Å²) in [5.74, 6) is 1.57. The minimum absolute atomic E-state index is 0.0257. The Morgan fingerprint density at radius 3 is 2.43 bits per heavy atom. The van der Waals surface area contributed by atoms with E-state index in [1.54, 1.807) is 0 Å². The normalized spacial score (nSPS) is 65.5. The number of aliphatic hydroxyl groups excluding tert-OH is 2. The highest BCUT2D eigenvalue weighted by Gasteiger charge is 2.78. The largest absolute Gasteiger partial charge is 0.393 e. The van der Waals surface area contributed by atoms with Gasteiger partial charge in [0.2, 0.25) is 0 Å². The molecule has 2 aliphatic heterocycles. The average molecular weight is 320 g/mol. The highest BCUT2D eigenvalue weighted by molar-refractivity contribution is 5.26. The van der Waals surface area contributed by atoms with E-state index >= 15 is 0 Å². The fraction of sp³-hybridized carbons (Fsp3) is 1.00. The Bertz CT molecular complexity index is 559. The van der Waals surface area contributed by atoms with Crippen LogP contribution in [0.4, 0.5) is 0 Å². The van der Waals surface area contributed by atoms with E-state index in [9.17, 15) is 10.2 Å². The number of ether oxygens (including phenoxy) is 1. The standard InChI is InChI=1S/C20H32O3/c1-17(2)13-5-8-20-10-11-9-12(23-19(11,4)16(20)22)15(20)18(13,3)7-6-14(17)21/h11-16,21-22H,5-10H2,1-4H3/t11-,12-,13?,14+,15-,16+,18+,19-,20+/m0/s1. The van der Waals surface area contributed by atoms with Gasteiger partial charge in [-0.25, -0.2) is 0 Å². The summed E-state index contributed by atoms with van der Waals surface area (Å²) in [6, 6.07) is 0. The SMILES string of the molecule is CC1(C)C2CC[C@]34C[C@@H]5C[C@H](O[C@]5(C)[C@H]3O)[C@H]4[C@]2(C)CC[C@H]1O. The number of fused-ring (bicyclic) bond motifs is 1. The monoisotopic (exact) mass is 320 g/mol. The van der Waals surface area contributed by atoms with Crippen LogP contribution in [-0.2, 0) is 4.74 Å². The fourth-order valence-corrected chi connectivity index (χ4v) is 8.61. The van der Waals surface area contributed by atoms with Crippen molar-refractivity contribution in [3.8, 4) is 0 Å². The maximum Gasteiger partial charge on any atom is 0.0950 e. The molecule has 0 aromatic rings. The van der Waals surface area contributed by atoms with Crippen LogP contribution in [0.15, 0.2) is 0 Å². The van der Waals surface area contributed by atoms with Gasteiger partial charge >= 0.3 is 0 Å². The minimum Gasteiger partial charge on any atom is -0.393 e. The summed E-state index contributed by atoms with van der Waals surface area (Å²) in [5.41, 5.74) is -0.0242. The van der Waals surface area contributed by atoms with E-state index in [0.29, 0.717) is 23.9 Å². The van der Waals surface area contributed by atoms with E-state index in [1.165, 1.54) is 0 Å². The first kappa shape index (κ1) is 15.2. The highest BCUT2D eigenvalue weighted by atomic mass is 16.5. The molecular weight excluding hydrogens is 288 g/mol. The molecule has 0 aromatic carbocycles. The van der Waals surface area contributed by atoms with Crippen LogP contribution in [-0.4, -0.2) is 34.1 Å². The van der Waals surface area contributed by atoms with Gasteiger partial charge in [-0.1, -0.05) is 20.8 Å². The third-order valence-corrected chi connectivity index (χ3v) is 9.56. The lowest BCUT2D eigenvalue weighted by molar-refractivity contribution is -0.277. The summed E-state index contributed by atoms with van der Waals surface area (Å²) >= 11 is 0. The second-order valence-electron chi connectivity index (χ2n) is 10.6. The molecule has 130 valence electrons. The van der Waals surface area contributed by atoms with Crippen molar-refractivity contribution in [2.24, 2.45) is 34.0 Å². The second-order valence-corrected chi connectivity index (χ2v) is 10.6. The van der Waals surface area contributed by atoms with E-state index in [4.69, 9.17) is 4.74 Å².